The highest BCUT2D eigenvalue weighted by molar-refractivity contribution is 8.00. The summed E-state index contributed by atoms with van der Waals surface area (Å²) in [5.41, 5.74) is 6.07. The number of thioether (sulfide) groups is 1. The summed E-state index contributed by atoms with van der Waals surface area (Å²) in [7, 11) is 0. The van der Waals surface area contributed by atoms with Gasteiger partial charge in [-0.15, -0.1) is 11.8 Å². The molecule has 3 unspecified atom stereocenters. The first-order valence-electron chi connectivity index (χ1n) is 7.12. The van der Waals surface area contributed by atoms with Crippen LogP contribution in [-0.4, -0.2) is 50.1 Å². The molecule has 1 saturated heterocycles. The number of hydrogen-bond donors (Lipinski definition) is 4. The quantitative estimate of drug-likeness (QED) is 0.560. The van der Waals surface area contributed by atoms with Crippen LogP contribution in [0.4, 0.5) is 0 Å². The van der Waals surface area contributed by atoms with Gasteiger partial charge in [-0.2, -0.15) is 0 Å². The van der Waals surface area contributed by atoms with Crippen LogP contribution in [-0.2, 0) is 14.4 Å². The summed E-state index contributed by atoms with van der Waals surface area (Å²) in [5, 5.41) is 20.8. The SMILES string of the molecule is NC(C(=O)NC1C(=O)N2C(C(=O)O)=C(O)CSC12)c1ccccc1. The van der Waals surface area contributed by atoms with Crippen molar-refractivity contribution in [1.29, 1.82) is 0 Å². The highest BCUT2D eigenvalue weighted by atomic mass is 32.2. The Morgan fingerprint density at radius 3 is 2.62 bits per heavy atom. The summed E-state index contributed by atoms with van der Waals surface area (Å²) in [6, 6.07) is 6.93. The number of aliphatic carboxylic acids is 1. The summed E-state index contributed by atoms with van der Waals surface area (Å²) in [5.74, 6) is -2.77. The van der Waals surface area contributed by atoms with Gasteiger partial charge in [0.2, 0.25) is 5.91 Å². The molecule has 1 fully saturated rings. The zero-order valence-electron chi connectivity index (χ0n) is 12.4. The number of nitrogens with zero attached hydrogens (tertiary/aromatic N) is 1. The van der Waals surface area contributed by atoms with Crippen molar-refractivity contribution in [3.8, 4) is 0 Å². The molecule has 2 heterocycles. The van der Waals surface area contributed by atoms with Gasteiger partial charge in [0.25, 0.3) is 5.91 Å². The van der Waals surface area contributed by atoms with Gasteiger partial charge >= 0.3 is 5.97 Å². The number of nitrogens with one attached hydrogen (secondary N) is 1. The maximum Gasteiger partial charge on any atom is 0.356 e. The third kappa shape index (κ3) is 2.61. The molecule has 0 aliphatic carbocycles. The van der Waals surface area contributed by atoms with Crippen molar-refractivity contribution in [3.05, 3.63) is 47.4 Å². The molecule has 9 heteroatoms. The van der Waals surface area contributed by atoms with E-state index in [1.807, 2.05) is 0 Å². The summed E-state index contributed by atoms with van der Waals surface area (Å²) >= 11 is 1.18. The van der Waals surface area contributed by atoms with Crippen LogP contribution in [0.25, 0.3) is 0 Å². The number of fused-ring (bicyclic) bond motifs is 1. The zero-order valence-corrected chi connectivity index (χ0v) is 13.2. The van der Waals surface area contributed by atoms with Crippen LogP contribution in [0.5, 0.6) is 0 Å². The molecule has 2 aliphatic rings. The van der Waals surface area contributed by atoms with Crippen molar-refractivity contribution in [2.75, 3.05) is 5.75 Å². The smallest absolute Gasteiger partial charge is 0.356 e. The Bertz CT molecular complexity index is 736. The molecule has 1 aromatic carbocycles. The van der Waals surface area contributed by atoms with Crippen molar-refractivity contribution < 1.29 is 24.6 Å². The van der Waals surface area contributed by atoms with Gasteiger partial charge in [-0.05, 0) is 5.56 Å². The monoisotopic (exact) mass is 349 g/mol. The molecule has 0 aromatic heterocycles. The minimum Gasteiger partial charge on any atom is -0.509 e. The van der Waals surface area contributed by atoms with Gasteiger partial charge in [0.1, 0.15) is 23.2 Å². The molecule has 24 heavy (non-hydrogen) atoms. The standard InChI is InChI=1S/C15H15N3O5S/c16-9(7-4-2-1-3-5-7)12(20)17-10-13(21)18-11(15(22)23)8(19)6-24-14(10)18/h1-5,9-10,14,19H,6,16H2,(H,17,20)(H,22,23). The molecule has 3 atom stereocenters. The van der Waals surface area contributed by atoms with E-state index in [1.54, 1.807) is 30.3 Å². The van der Waals surface area contributed by atoms with Crippen LogP contribution < -0.4 is 11.1 Å². The van der Waals surface area contributed by atoms with E-state index in [2.05, 4.69) is 5.32 Å². The number of carboxylic acids is 1. The Kier molecular flexibility index (Phi) is 4.20. The Labute approximate surface area is 141 Å². The van der Waals surface area contributed by atoms with Gasteiger partial charge in [0, 0.05) is 0 Å². The summed E-state index contributed by atoms with van der Waals surface area (Å²) in [6.45, 7) is 0. The Morgan fingerprint density at radius 2 is 2.00 bits per heavy atom. The maximum atomic E-state index is 12.3. The number of carboxylic acid groups (broad SMARTS) is 1. The number of aliphatic hydroxyl groups is 1. The van der Waals surface area contributed by atoms with Gasteiger partial charge in [-0.3, -0.25) is 14.5 Å². The van der Waals surface area contributed by atoms with Crippen LogP contribution in [0.1, 0.15) is 11.6 Å². The minimum atomic E-state index is -1.38. The first kappa shape index (κ1) is 16.3. The van der Waals surface area contributed by atoms with E-state index in [0.717, 1.165) is 4.90 Å². The maximum absolute atomic E-state index is 12.3. The van der Waals surface area contributed by atoms with E-state index in [0.29, 0.717) is 5.56 Å². The average Bonchev–Trinajstić information content (AvgIpc) is 2.59. The fourth-order valence-corrected chi connectivity index (χ4v) is 3.86. The molecule has 0 spiro atoms. The van der Waals surface area contributed by atoms with Crippen LogP contribution in [0.15, 0.2) is 41.8 Å². The molecule has 5 N–H and O–H groups in total. The third-order valence-corrected chi connectivity index (χ3v) is 5.15. The van der Waals surface area contributed by atoms with E-state index in [4.69, 9.17) is 10.8 Å². The first-order chi connectivity index (χ1) is 11.4. The summed E-state index contributed by atoms with van der Waals surface area (Å²) in [4.78, 5) is 36.6. The highest BCUT2D eigenvalue weighted by Crippen LogP contribution is 2.39. The second kappa shape index (κ2) is 6.17. The van der Waals surface area contributed by atoms with Crippen LogP contribution in [0.3, 0.4) is 0 Å². The van der Waals surface area contributed by atoms with Crippen LogP contribution in [0, 0.1) is 0 Å². The number of benzene rings is 1. The second-order valence-electron chi connectivity index (χ2n) is 5.38. The number of amides is 2. The lowest BCUT2D eigenvalue weighted by atomic mass is 10.0. The number of nitrogens with two attached hydrogens (primary N) is 1. The first-order valence-corrected chi connectivity index (χ1v) is 8.17. The Hall–Kier alpha value is -2.52. The van der Waals surface area contributed by atoms with Gasteiger partial charge in [0.05, 0.1) is 5.75 Å². The zero-order chi connectivity index (χ0) is 17.4. The van der Waals surface area contributed by atoms with E-state index in [1.165, 1.54) is 11.8 Å². The number of carbonyl (C=O) groups is 3. The molecular weight excluding hydrogens is 334 g/mol. The lowest BCUT2D eigenvalue weighted by Crippen LogP contribution is -2.71. The Balaban J connectivity index is 1.71. The highest BCUT2D eigenvalue weighted by Gasteiger charge is 2.54. The second-order valence-corrected chi connectivity index (χ2v) is 6.49. The molecule has 126 valence electrons. The fourth-order valence-electron chi connectivity index (χ4n) is 2.66. The molecule has 2 aliphatic heterocycles. The number of rotatable bonds is 4. The van der Waals surface area contributed by atoms with Crippen molar-refractivity contribution in [1.82, 2.24) is 10.2 Å². The topological polar surface area (TPSA) is 133 Å². The van der Waals surface area contributed by atoms with Crippen LogP contribution in [0.2, 0.25) is 0 Å². The minimum absolute atomic E-state index is 0.0627. The van der Waals surface area contributed by atoms with E-state index in [-0.39, 0.29) is 11.5 Å². The van der Waals surface area contributed by atoms with E-state index >= 15 is 0 Å². The lowest BCUT2D eigenvalue weighted by molar-refractivity contribution is -0.151. The van der Waals surface area contributed by atoms with Crippen molar-refractivity contribution in [3.63, 3.8) is 0 Å². The molecule has 0 bridgehead atoms. The molecule has 1 aromatic rings. The predicted molar refractivity (Wildman–Crippen MR) is 85.7 cm³/mol. The van der Waals surface area contributed by atoms with E-state index in [9.17, 15) is 19.5 Å². The molecule has 2 amide bonds. The van der Waals surface area contributed by atoms with Crippen molar-refractivity contribution in [2.45, 2.75) is 17.5 Å². The predicted octanol–water partition coefficient (Wildman–Crippen LogP) is -0.0595. The summed E-state index contributed by atoms with van der Waals surface area (Å²) in [6.07, 6.45) is 0. The lowest BCUT2D eigenvalue weighted by Gasteiger charge is -2.48. The van der Waals surface area contributed by atoms with Gasteiger partial charge in [-0.25, -0.2) is 4.79 Å². The summed E-state index contributed by atoms with van der Waals surface area (Å²) < 4.78 is 0. The largest absolute Gasteiger partial charge is 0.509 e. The molecule has 0 radical (unpaired) electrons. The normalized spacial score (nSPS) is 24.0. The molecule has 0 saturated carbocycles. The average molecular weight is 349 g/mol. The molecule has 8 nitrogen and oxygen atoms in total. The van der Waals surface area contributed by atoms with Crippen LogP contribution >= 0.6 is 11.8 Å². The number of β-lactam (4-membered cyclic amide) rings is 1. The number of hydrogen-bond acceptors (Lipinski definition) is 6. The van der Waals surface area contributed by atoms with E-state index < -0.39 is 40.9 Å². The van der Waals surface area contributed by atoms with Gasteiger partial charge in [0.15, 0.2) is 5.70 Å². The van der Waals surface area contributed by atoms with Gasteiger partial charge < -0.3 is 21.3 Å². The van der Waals surface area contributed by atoms with Crippen molar-refractivity contribution in [2.24, 2.45) is 5.73 Å². The van der Waals surface area contributed by atoms with Gasteiger partial charge in [-0.1, -0.05) is 30.3 Å². The fraction of sp³-hybridized carbons (Fsp3) is 0.267. The van der Waals surface area contributed by atoms with Crippen molar-refractivity contribution >= 4 is 29.5 Å². The Morgan fingerprint density at radius 1 is 1.33 bits per heavy atom. The molecular formula is C15H15N3O5S. The molecule has 3 rings (SSSR count). The third-order valence-electron chi connectivity index (χ3n) is 3.89. The number of carbonyl (C=O) groups excluding carboxylic acids is 2. The number of aliphatic hydroxyl groups excluding tert-OH is 1.